The smallest absolute Gasteiger partial charge is 0.234 e. The summed E-state index contributed by atoms with van der Waals surface area (Å²) in [5.41, 5.74) is 3.71. The van der Waals surface area contributed by atoms with Gasteiger partial charge in [-0.25, -0.2) is 4.98 Å². The summed E-state index contributed by atoms with van der Waals surface area (Å²) in [6.45, 7) is 6.70. The van der Waals surface area contributed by atoms with Crippen molar-refractivity contribution >= 4 is 23.4 Å². The van der Waals surface area contributed by atoms with Crippen molar-refractivity contribution in [3.05, 3.63) is 47.9 Å². The first kappa shape index (κ1) is 18.1. The fourth-order valence-corrected chi connectivity index (χ4v) is 3.46. The quantitative estimate of drug-likeness (QED) is 0.673. The van der Waals surface area contributed by atoms with E-state index in [-0.39, 0.29) is 11.7 Å². The van der Waals surface area contributed by atoms with Crippen LogP contribution in [0.1, 0.15) is 18.1 Å². The van der Waals surface area contributed by atoms with Crippen LogP contribution in [0.4, 0.5) is 5.69 Å². The normalized spacial score (nSPS) is 10.7. The Kier molecular flexibility index (Phi) is 5.62. The number of nitrogens with zero attached hydrogens (tertiary/aromatic N) is 5. The number of carbonyl (C=O) groups is 1. The van der Waals surface area contributed by atoms with Gasteiger partial charge in [0.1, 0.15) is 5.69 Å². The second-order valence-corrected chi connectivity index (χ2v) is 6.80. The standard InChI is InChI=1S/C18H20N6OS/c1-4-24-17(15-10-19-5-6-20-15)22-23-18(24)26-11-16(25)21-14-8-12(2)7-13(3)9-14/h5-10H,4,11H2,1-3H3,(H,21,25). The minimum atomic E-state index is -0.0771. The summed E-state index contributed by atoms with van der Waals surface area (Å²) in [5.74, 6) is 0.829. The van der Waals surface area contributed by atoms with Gasteiger partial charge in [-0.1, -0.05) is 17.8 Å². The summed E-state index contributed by atoms with van der Waals surface area (Å²) < 4.78 is 1.93. The molecule has 0 unspecified atom stereocenters. The van der Waals surface area contributed by atoms with Crippen molar-refractivity contribution in [2.75, 3.05) is 11.1 Å². The molecule has 1 aromatic carbocycles. The Balaban J connectivity index is 1.68. The molecule has 1 amide bonds. The van der Waals surface area contributed by atoms with Crippen molar-refractivity contribution < 1.29 is 4.79 Å². The maximum absolute atomic E-state index is 12.3. The van der Waals surface area contributed by atoms with E-state index >= 15 is 0 Å². The predicted octanol–water partition coefficient (Wildman–Crippen LogP) is 3.10. The lowest BCUT2D eigenvalue weighted by atomic mass is 10.1. The fraction of sp³-hybridized carbons (Fsp3) is 0.278. The Hall–Kier alpha value is -2.74. The lowest BCUT2D eigenvalue weighted by molar-refractivity contribution is -0.113. The van der Waals surface area contributed by atoms with Gasteiger partial charge in [-0.05, 0) is 44.0 Å². The van der Waals surface area contributed by atoms with E-state index in [9.17, 15) is 4.79 Å². The van der Waals surface area contributed by atoms with E-state index in [2.05, 4.69) is 31.5 Å². The van der Waals surface area contributed by atoms with Crippen molar-refractivity contribution in [2.24, 2.45) is 0 Å². The highest BCUT2D eigenvalue weighted by molar-refractivity contribution is 7.99. The Labute approximate surface area is 156 Å². The molecule has 7 nitrogen and oxygen atoms in total. The highest BCUT2D eigenvalue weighted by Gasteiger charge is 2.15. The third-order valence-corrected chi connectivity index (χ3v) is 4.63. The van der Waals surface area contributed by atoms with Crippen LogP contribution >= 0.6 is 11.8 Å². The largest absolute Gasteiger partial charge is 0.325 e. The number of carbonyl (C=O) groups excluding carboxylic acids is 1. The van der Waals surface area contributed by atoms with Gasteiger partial charge in [-0.3, -0.25) is 9.78 Å². The van der Waals surface area contributed by atoms with Crippen molar-refractivity contribution in [3.8, 4) is 11.5 Å². The van der Waals surface area contributed by atoms with Crippen LogP contribution in [0.25, 0.3) is 11.5 Å². The molecule has 2 aromatic heterocycles. The number of rotatable bonds is 6. The van der Waals surface area contributed by atoms with Crippen LogP contribution in [-0.2, 0) is 11.3 Å². The molecular formula is C18H20N6OS. The van der Waals surface area contributed by atoms with Crippen LogP contribution in [0.5, 0.6) is 0 Å². The number of nitrogens with one attached hydrogen (secondary N) is 1. The summed E-state index contributed by atoms with van der Waals surface area (Å²) >= 11 is 1.35. The average Bonchev–Trinajstić information content (AvgIpc) is 3.02. The van der Waals surface area contributed by atoms with Gasteiger partial charge < -0.3 is 9.88 Å². The molecule has 0 aliphatic rings. The second-order valence-electron chi connectivity index (χ2n) is 5.85. The van der Waals surface area contributed by atoms with Crippen molar-refractivity contribution in [1.29, 1.82) is 0 Å². The molecule has 0 radical (unpaired) electrons. The number of amides is 1. The Morgan fingerprint density at radius 2 is 1.92 bits per heavy atom. The van der Waals surface area contributed by atoms with E-state index in [1.807, 2.05) is 37.5 Å². The minimum Gasteiger partial charge on any atom is -0.325 e. The molecule has 0 saturated heterocycles. The minimum absolute atomic E-state index is 0.0771. The van der Waals surface area contributed by atoms with E-state index in [0.717, 1.165) is 16.8 Å². The molecule has 0 spiro atoms. The van der Waals surface area contributed by atoms with Crippen molar-refractivity contribution in [1.82, 2.24) is 24.7 Å². The van der Waals surface area contributed by atoms with Gasteiger partial charge in [0.15, 0.2) is 11.0 Å². The molecule has 0 aliphatic heterocycles. The lowest BCUT2D eigenvalue weighted by Gasteiger charge is -2.08. The molecule has 3 rings (SSSR count). The van der Waals surface area contributed by atoms with Crippen LogP contribution in [0, 0.1) is 13.8 Å². The zero-order chi connectivity index (χ0) is 18.5. The highest BCUT2D eigenvalue weighted by Crippen LogP contribution is 2.22. The molecule has 1 N–H and O–H groups in total. The van der Waals surface area contributed by atoms with E-state index in [1.54, 1.807) is 18.6 Å². The number of hydrogen-bond donors (Lipinski definition) is 1. The summed E-state index contributed by atoms with van der Waals surface area (Å²) in [4.78, 5) is 20.6. The number of thioether (sulfide) groups is 1. The maximum Gasteiger partial charge on any atom is 0.234 e. The molecule has 0 fully saturated rings. The summed E-state index contributed by atoms with van der Waals surface area (Å²) in [6, 6.07) is 5.98. The summed E-state index contributed by atoms with van der Waals surface area (Å²) in [7, 11) is 0. The number of aromatic nitrogens is 5. The highest BCUT2D eigenvalue weighted by atomic mass is 32.2. The molecule has 3 aromatic rings. The first-order valence-corrected chi connectivity index (χ1v) is 9.26. The Morgan fingerprint density at radius 3 is 2.58 bits per heavy atom. The number of anilines is 1. The van der Waals surface area contributed by atoms with Crippen LogP contribution in [0.3, 0.4) is 0 Å². The van der Waals surface area contributed by atoms with Gasteiger partial charge >= 0.3 is 0 Å². The lowest BCUT2D eigenvalue weighted by Crippen LogP contribution is -2.15. The first-order valence-electron chi connectivity index (χ1n) is 8.27. The number of benzene rings is 1. The van der Waals surface area contributed by atoms with Gasteiger partial charge in [0.25, 0.3) is 0 Å². The SMILES string of the molecule is CCn1c(SCC(=O)Nc2cc(C)cc(C)c2)nnc1-c1cnccn1. The van der Waals surface area contributed by atoms with Gasteiger partial charge in [0.05, 0.1) is 11.9 Å². The van der Waals surface area contributed by atoms with Gasteiger partial charge in [0, 0.05) is 24.6 Å². The fourth-order valence-electron chi connectivity index (χ4n) is 2.66. The van der Waals surface area contributed by atoms with Crippen molar-refractivity contribution in [3.63, 3.8) is 0 Å². The first-order chi connectivity index (χ1) is 12.6. The summed E-state index contributed by atoms with van der Waals surface area (Å²) in [5, 5.41) is 12.0. The van der Waals surface area contributed by atoms with Crippen LogP contribution < -0.4 is 5.32 Å². The van der Waals surface area contributed by atoms with E-state index < -0.39 is 0 Å². The van der Waals surface area contributed by atoms with E-state index in [4.69, 9.17) is 0 Å². The monoisotopic (exact) mass is 368 g/mol. The molecule has 0 saturated carbocycles. The molecule has 0 bridgehead atoms. The van der Waals surface area contributed by atoms with Crippen LogP contribution in [0.15, 0.2) is 41.9 Å². The number of hydrogen-bond acceptors (Lipinski definition) is 6. The zero-order valence-electron chi connectivity index (χ0n) is 14.9. The Bertz CT molecular complexity index is 889. The second kappa shape index (κ2) is 8.09. The van der Waals surface area contributed by atoms with Gasteiger partial charge in [0.2, 0.25) is 5.91 Å². The molecule has 8 heteroatoms. The molecular weight excluding hydrogens is 348 g/mol. The molecule has 134 valence electrons. The third-order valence-electron chi connectivity index (χ3n) is 3.66. The average molecular weight is 368 g/mol. The maximum atomic E-state index is 12.3. The number of aryl methyl sites for hydroxylation is 2. The third kappa shape index (κ3) is 4.26. The molecule has 2 heterocycles. The molecule has 26 heavy (non-hydrogen) atoms. The van der Waals surface area contributed by atoms with E-state index in [0.29, 0.717) is 23.2 Å². The predicted molar refractivity (Wildman–Crippen MR) is 102 cm³/mol. The van der Waals surface area contributed by atoms with Crippen LogP contribution in [0.2, 0.25) is 0 Å². The topological polar surface area (TPSA) is 85.6 Å². The van der Waals surface area contributed by atoms with E-state index in [1.165, 1.54) is 11.8 Å². The Morgan fingerprint density at radius 1 is 1.15 bits per heavy atom. The van der Waals surface area contributed by atoms with Gasteiger partial charge in [-0.15, -0.1) is 10.2 Å². The molecule has 0 aliphatic carbocycles. The summed E-state index contributed by atoms with van der Waals surface area (Å²) in [6.07, 6.45) is 4.88. The van der Waals surface area contributed by atoms with Crippen molar-refractivity contribution in [2.45, 2.75) is 32.5 Å². The zero-order valence-corrected chi connectivity index (χ0v) is 15.7. The van der Waals surface area contributed by atoms with Gasteiger partial charge in [-0.2, -0.15) is 0 Å². The molecule has 0 atom stereocenters. The van der Waals surface area contributed by atoms with Crippen LogP contribution in [-0.4, -0.2) is 36.4 Å².